The lowest BCUT2D eigenvalue weighted by Gasteiger charge is -2.29. The van der Waals surface area contributed by atoms with Gasteiger partial charge in [-0.2, -0.15) is 0 Å². The van der Waals surface area contributed by atoms with E-state index in [-0.39, 0.29) is 14.9 Å². The molecule has 0 radical (unpaired) electrons. The van der Waals surface area contributed by atoms with Crippen molar-refractivity contribution in [3.8, 4) is 0 Å². The molecule has 388 valence electrons. The van der Waals surface area contributed by atoms with Gasteiger partial charge in [0, 0.05) is 19.6 Å². The summed E-state index contributed by atoms with van der Waals surface area (Å²) < 4.78 is 0. The first-order chi connectivity index (χ1) is 30.5. The van der Waals surface area contributed by atoms with Crippen molar-refractivity contribution >= 4 is 0 Å². The molecule has 0 aliphatic rings. The van der Waals surface area contributed by atoms with Crippen molar-refractivity contribution in [2.45, 2.75) is 320 Å². The largest absolute Gasteiger partial charge is 0.302 e. The van der Waals surface area contributed by atoms with Crippen molar-refractivity contribution in [3.63, 3.8) is 0 Å². The van der Waals surface area contributed by atoms with Crippen LogP contribution >= 0.6 is 0 Å². The molecule has 1 atom stereocenters. The summed E-state index contributed by atoms with van der Waals surface area (Å²) >= 11 is 0. The molecule has 0 N–H and O–H groups in total. The molecule has 0 saturated heterocycles. The van der Waals surface area contributed by atoms with E-state index in [1.54, 1.807) is 0 Å². The monoisotopic (exact) mass is 904 g/mol. The van der Waals surface area contributed by atoms with Crippen molar-refractivity contribution < 1.29 is 0 Å². The SMILES string of the molecule is C.C.C=C(CCCC(CCC)CCN(CCCCCCCCC)CCN(CCCCCCCCC)CCCCCCCCC)CN(CCCCCCCCC)CCCCCCCCC. The molecule has 1 unspecified atom stereocenters. The van der Waals surface area contributed by atoms with Crippen LogP contribution in [0.25, 0.3) is 0 Å². The van der Waals surface area contributed by atoms with Crippen molar-refractivity contribution in [2.75, 3.05) is 58.9 Å². The summed E-state index contributed by atoms with van der Waals surface area (Å²) in [6.45, 7) is 30.4. The maximum absolute atomic E-state index is 4.71. The predicted octanol–water partition coefficient (Wildman–Crippen LogP) is 20.5. The average Bonchev–Trinajstić information content (AvgIpc) is 3.27. The molecule has 0 aromatic carbocycles. The molecular formula is C61H129N3. The van der Waals surface area contributed by atoms with Gasteiger partial charge in [0.25, 0.3) is 0 Å². The van der Waals surface area contributed by atoms with Crippen LogP contribution in [0.15, 0.2) is 12.2 Å². The molecule has 0 aliphatic heterocycles. The Morgan fingerprint density at radius 3 is 0.875 bits per heavy atom. The molecule has 0 aliphatic carbocycles. The van der Waals surface area contributed by atoms with Crippen LogP contribution in [0.5, 0.6) is 0 Å². The van der Waals surface area contributed by atoms with Gasteiger partial charge in [-0.1, -0.05) is 280 Å². The standard InChI is InChI=1S/C59H121N3.2CH4/c1-8-14-19-24-29-34-39-49-60(50-40-35-30-25-20-15-9-2)55-56-61(51-41-36-31-26-21-16-10-3)54-48-59(45-13-6)47-44-46-58(7)57-62(52-42-37-32-27-22-17-11-4)53-43-38-33-28-23-18-12-5;;/h59H,7-57H2,1-6H3;2*1H4. The Hall–Kier alpha value is -0.380. The lowest BCUT2D eigenvalue weighted by molar-refractivity contribution is 0.184. The molecule has 0 aromatic heterocycles. The second-order valence-corrected chi connectivity index (χ2v) is 20.7. The summed E-state index contributed by atoms with van der Waals surface area (Å²) in [4.78, 5) is 8.63. The Morgan fingerprint density at radius 1 is 0.281 bits per heavy atom. The molecule has 3 heteroatoms. The summed E-state index contributed by atoms with van der Waals surface area (Å²) in [5, 5.41) is 0. The van der Waals surface area contributed by atoms with Crippen LogP contribution in [-0.2, 0) is 0 Å². The lowest BCUT2D eigenvalue weighted by Crippen LogP contribution is -2.37. The second kappa shape index (κ2) is 56.9. The first kappa shape index (κ1) is 67.9. The number of nitrogens with zero attached hydrogens (tertiary/aromatic N) is 3. The van der Waals surface area contributed by atoms with E-state index >= 15 is 0 Å². The molecule has 0 aromatic rings. The third kappa shape index (κ3) is 49.5. The van der Waals surface area contributed by atoms with Crippen molar-refractivity contribution in [3.05, 3.63) is 12.2 Å². The molecule has 0 heterocycles. The zero-order chi connectivity index (χ0) is 45.2. The van der Waals surface area contributed by atoms with Gasteiger partial charge in [-0.05, 0) is 96.6 Å². The molecule has 0 spiro atoms. The van der Waals surface area contributed by atoms with Gasteiger partial charge in [0.2, 0.25) is 0 Å². The molecular weight excluding hydrogens is 775 g/mol. The third-order valence-corrected chi connectivity index (χ3v) is 14.3. The quantitative estimate of drug-likeness (QED) is 0.0445. The highest BCUT2D eigenvalue weighted by atomic mass is 15.2. The van der Waals surface area contributed by atoms with Crippen LogP contribution in [0.4, 0.5) is 0 Å². The van der Waals surface area contributed by atoms with Gasteiger partial charge in [-0.25, -0.2) is 0 Å². The van der Waals surface area contributed by atoms with E-state index in [4.69, 9.17) is 6.58 Å². The molecule has 0 saturated carbocycles. The van der Waals surface area contributed by atoms with Gasteiger partial charge in [0.15, 0.2) is 0 Å². The Labute approximate surface area is 409 Å². The smallest absolute Gasteiger partial charge is 0.0190 e. The van der Waals surface area contributed by atoms with Gasteiger partial charge < -0.3 is 9.80 Å². The van der Waals surface area contributed by atoms with Gasteiger partial charge in [0.1, 0.15) is 0 Å². The highest BCUT2D eigenvalue weighted by Gasteiger charge is 2.15. The van der Waals surface area contributed by atoms with Crippen LogP contribution in [-0.4, -0.2) is 73.6 Å². The normalized spacial score (nSPS) is 12.1. The van der Waals surface area contributed by atoms with Crippen LogP contribution in [0.2, 0.25) is 0 Å². The Kier molecular flexibility index (Phi) is 60.4. The van der Waals surface area contributed by atoms with Gasteiger partial charge >= 0.3 is 0 Å². The summed E-state index contributed by atoms with van der Waals surface area (Å²) in [6, 6.07) is 0. The minimum absolute atomic E-state index is 0. The predicted molar refractivity (Wildman–Crippen MR) is 299 cm³/mol. The Balaban J connectivity index is -0.0000186. The minimum Gasteiger partial charge on any atom is -0.302 e. The first-order valence-corrected chi connectivity index (χ1v) is 29.4. The van der Waals surface area contributed by atoms with Gasteiger partial charge in [-0.3, -0.25) is 4.90 Å². The fourth-order valence-electron chi connectivity index (χ4n) is 9.93. The summed E-state index contributed by atoms with van der Waals surface area (Å²) in [5.74, 6) is 0.873. The Bertz CT molecular complexity index is 805. The maximum Gasteiger partial charge on any atom is 0.0190 e. The van der Waals surface area contributed by atoms with E-state index in [0.29, 0.717) is 0 Å². The van der Waals surface area contributed by atoms with Gasteiger partial charge in [0.05, 0.1) is 0 Å². The molecule has 0 fully saturated rings. The van der Waals surface area contributed by atoms with Crippen molar-refractivity contribution in [1.29, 1.82) is 0 Å². The van der Waals surface area contributed by atoms with Crippen LogP contribution in [0.1, 0.15) is 320 Å². The first-order valence-electron chi connectivity index (χ1n) is 29.4. The highest BCUT2D eigenvalue weighted by Crippen LogP contribution is 2.22. The lowest BCUT2D eigenvalue weighted by atomic mass is 9.92. The Morgan fingerprint density at radius 2 is 0.562 bits per heavy atom. The van der Waals surface area contributed by atoms with E-state index < -0.39 is 0 Å². The second-order valence-electron chi connectivity index (χ2n) is 20.7. The maximum atomic E-state index is 4.71. The summed E-state index contributed by atoms with van der Waals surface area (Å²) in [5.41, 5.74) is 1.51. The molecule has 3 nitrogen and oxygen atoms in total. The third-order valence-electron chi connectivity index (χ3n) is 14.3. The van der Waals surface area contributed by atoms with Crippen molar-refractivity contribution in [1.82, 2.24) is 14.7 Å². The van der Waals surface area contributed by atoms with E-state index in [0.717, 1.165) is 12.5 Å². The zero-order valence-electron chi connectivity index (χ0n) is 44.5. The minimum atomic E-state index is 0. The van der Waals surface area contributed by atoms with Crippen LogP contribution in [0.3, 0.4) is 0 Å². The number of hydrogen-bond acceptors (Lipinski definition) is 3. The number of rotatable bonds is 54. The van der Waals surface area contributed by atoms with E-state index in [1.165, 1.54) is 321 Å². The van der Waals surface area contributed by atoms with E-state index in [2.05, 4.69) is 56.2 Å². The average molecular weight is 905 g/mol. The molecule has 0 amide bonds. The highest BCUT2D eigenvalue weighted by molar-refractivity contribution is 4.97. The summed E-state index contributed by atoms with van der Waals surface area (Å²) in [7, 11) is 0. The molecule has 0 bridgehead atoms. The van der Waals surface area contributed by atoms with Crippen LogP contribution < -0.4 is 0 Å². The number of unbranched alkanes of at least 4 members (excludes halogenated alkanes) is 30. The van der Waals surface area contributed by atoms with Crippen molar-refractivity contribution in [2.24, 2.45) is 5.92 Å². The molecule has 64 heavy (non-hydrogen) atoms. The van der Waals surface area contributed by atoms with E-state index in [9.17, 15) is 0 Å². The topological polar surface area (TPSA) is 9.72 Å². The zero-order valence-corrected chi connectivity index (χ0v) is 44.5. The summed E-state index contributed by atoms with van der Waals surface area (Å²) in [6.07, 6.45) is 57.6. The number of hydrogen-bond donors (Lipinski definition) is 0. The van der Waals surface area contributed by atoms with Gasteiger partial charge in [-0.15, -0.1) is 0 Å². The molecule has 0 rings (SSSR count). The van der Waals surface area contributed by atoms with Crippen LogP contribution in [0, 0.1) is 5.92 Å². The fraction of sp³-hybridized carbons (Fsp3) is 0.967. The van der Waals surface area contributed by atoms with E-state index in [1.807, 2.05) is 0 Å². The fourth-order valence-corrected chi connectivity index (χ4v) is 9.93.